The van der Waals surface area contributed by atoms with Gasteiger partial charge in [-0.3, -0.25) is 0 Å². The summed E-state index contributed by atoms with van der Waals surface area (Å²) in [5, 5.41) is 0.770. The van der Waals surface area contributed by atoms with Crippen molar-refractivity contribution in [2.24, 2.45) is 0 Å². The maximum absolute atomic E-state index is 12.5. The minimum Gasteiger partial charge on any atom is -0.497 e. The number of fused-ring (bicyclic) bond motifs is 1. The van der Waals surface area contributed by atoms with Crippen LogP contribution in [-0.4, -0.2) is 32.3 Å². The van der Waals surface area contributed by atoms with Crippen molar-refractivity contribution >= 4 is 16.9 Å². The molecule has 2 heterocycles. The van der Waals surface area contributed by atoms with E-state index in [1.54, 1.807) is 7.11 Å². The van der Waals surface area contributed by atoms with Gasteiger partial charge in [0.2, 0.25) is 0 Å². The normalized spacial score (nSPS) is 21.0. The number of esters is 1. The second-order valence-corrected chi connectivity index (χ2v) is 6.46. The van der Waals surface area contributed by atoms with Crippen molar-refractivity contribution in [1.29, 1.82) is 0 Å². The lowest BCUT2D eigenvalue weighted by molar-refractivity contribution is -0.942. The average molecular weight is 332 g/mol. The highest BCUT2D eigenvalue weighted by atomic mass is 16.5. The predicted molar refractivity (Wildman–Crippen MR) is 91.6 cm³/mol. The number of rotatable bonds is 5. The minimum absolute atomic E-state index is 0.316. The molecule has 2 aromatic rings. The van der Waals surface area contributed by atoms with Gasteiger partial charge in [0.1, 0.15) is 23.4 Å². The minimum atomic E-state index is -0.316. The quantitative estimate of drug-likeness (QED) is 0.855. The number of methoxy groups -OCH3 is 1. The van der Waals surface area contributed by atoms with Crippen LogP contribution in [0.2, 0.25) is 0 Å². The van der Waals surface area contributed by atoms with Crippen LogP contribution >= 0.6 is 0 Å². The number of furan rings is 1. The van der Waals surface area contributed by atoms with E-state index >= 15 is 0 Å². The number of carbonyl (C=O) groups is 1. The Kier molecular flexibility index (Phi) is 5.09. The van der Waals surface area contributed by atoms with Gasteiger partial charge in [0.05, 0.1) is 26.3 Å². The van der Waals surface area contributed by atoms with Gasteiger partial charge < -0.3 is 18.8 Å². The third-order valence-corrected chi connectivity index (χ3v) is 4.92. The van der Waals surface area contributed by atoms with E-state index in [0.29, 0.717) is 36.1 Å². The van der Waals surface area contributed by atoms with Crippen LogP contribution in [0.4, 0.5) is 0 Å². The molecular weight excluding hydrogens is 306 g/mol. The van der Waals surface area contributed by atoms with Crippen LogP contribution in [0.25, 0.3) is 11.0 Å². The van der Waals surface area contributed by atoms with Crippen molar-refractivity contribution in [1.82, 2.24) is 0 Å². The summed E-state index contributed by atoms with van der Waals surface area (Å²) in [5.74, 6) is 1.11. The van der Waals surface area contributed by atoms with Crippen molar-refractivity contribution in [3.8, 4) is 5.75 Å². The molecule has 1 fully saturated rings. The fourth-order valence-corrected chi connectivity index (χ4v) is 3.53. The molecule has 5 heteroatoms. The Hall–Kier alpha value is -2.01. The second kappa shape index (κ2) is 7.26. The highest BCUT2D eigenvalue weighted by Crippen LogP contribution is 2.30. The third-order valence-electron chi connectivity index (χ3n) is 4.92. The number of benzene rings is 1. The Morgan fingerprint density at radius 1 is 1.38 bits per heavy atom. The number of hydrogen-bond donors (Lipinski definition) is 1. The van der Waals surface area contributed by atoms with E-state index < -0.39 is 0 Å². The monoisotopic (exact) mass is 332 g/mol. The second-order valence-electron chi connectivity index (χ2n) is 6.46. The maximum atomic E-state index is 12.5. The SMILES string of the molecule is CCOC(=O)c1c(C[NH+]2CCCCC2C)oc2ccc(OC)cc12. The number of carbonyl (C=O) groups excluding carboxylic acids is 1. The van der Waals surface area contributed by atoms with Gasteiger partial charge in [0, 0.05) is 5.39 Å². The van der Waals surface area contributed by atoms with Crippen molar-refractivity contribution in [3.05, 3.63) is 29.5 Å². The van der Waals surface area contributed by atoms with Gasteiger partial charge in [-0.15, -0.1) is 0 Å². The molecule has 0 amide bonds. The van der Waals surface area contributed by atoms with Gasteiger partial charge in [-0.25, -0.2) is 4.79 Å². The largest absolute Gasteiger partial charge is 0.497 e. The fraction of sp³-hybridized carbons (Fsp3) is 0.526. The first-order valence-corrected chi connectivity index (χ1v) is 8.75. The summed E-state index contributed by atoms with van der Waals surface area (Å²) >= 11 is 0. The van der Waals surface area contributed by atoms with Gasteiger partial charge in [-0.05, 0) is 51.3 Å². The summed E-state index contributed by atoms with van der Waals surface area (Å²) in [6.45, 7) is 6.26. The Balaban J connectivity index is 2.01. The lowest BCUT2D eigenvalue weighted by atomic mass is 10.0. The van der Waals surface area contributed by atoms with Crippen molar-refractivity contribution in [2.75, 3.05) is 20.3 Å². The van der Waals surface area contributed by atoms with E-state index in [9.17, 15) is 4.79 Å². The Labute approximate surface area is 142 Å². The smallest absolute Gasteiger partial charge is 0.342 e. The molecular formula is C19H26NO4+. The number of ether oxygens (including phenoxy) is 2. The van der Waals surface area contributed by atoms with Crippen molar-refractivity contribution in [2.45, 2.75) is 45.7 Å². The van der Waals surface area contributed by atoms with Crippen LogP contribution in [0.3, 0.4) is 0 Å². The molecule has 0 saturated carbocycles. The van der Waals surface area contributed by atoms with Crippen molar-refractivity contribution in [3.63, 3.8) is 0 Å². The molecule has 3 rings (SSSR count). The number of nitrogens with one attached hydrogen (secondary N) is 1. The van der Waals surface area contributed by atoms with E-state index in [4.69, 9.17) is 13.9 Å². The van der Waals surface area contributed by atoms with Crippen LogP contribution in [0.5, 0.6) is 5.75 Å². The predicted octanol–water partition coefficient (Wildman–Crippen LogP) is 2.58. The zero-order valence-electron chi connectivity index (χ0n) is 14.7. The summed E-state index contributed by atoms with van der Waals surface area (Å²) in [5.41, 5.74) is 1.26. The van der Waals surface area contributed by atoms with E-state index in [1.807, 2.05) is 25.1 Å². The van der Waals surface area contributed by atoms with E-state index in [-0.39, 0.29) is 5.97 Å². The molecule has 130 valence electrons. The molecule has 5 nitrogen and oxygen atoms in total. The molecule has 1 aliphatic rings. The summed E-state index contributed by atoms with van der Waals surface area (Å²) in [4.78, 5) is 14.0. The Morgan fingerprint density at radius 3 is 2.92 bits per heavy atom. The molecule has 0 aliphatic carbocycles. The van der Waals surface area contributed by atoms with Gasteiger partial charge in [0.25, 0.3) is 0 Å². The lowest BCUT2D eigenvalue weighted by Crippen LogP contribution is -3.14. The van der Waals surface area contributed by atoms with E-state index in [1.165, 1.54) is 24.2 Å². The van der Waals surface area contributed by atoms with E-state index in [2.05, 4.69) is 6.92 Å². The first-order valence-electron chi connectivity index (χ1n) is 8.75. The van der Waals surface area contributed by atoms with Crippen LogP contribution in [0, 0.1) is 0 Å². The van der Waals surface area contributed by atoms with E-state index in [0.717, 1.165) is 17.7 Å². The maximum Gasteiger partial charge on any atom is 0.342 e. The molecule has 1 N–H and O–H groups in total. The molecule has 2 atom stereocenters. The summed E-state index contributed by atoms with van der Waals surface area (Å²) < 4.78 is 16.6. The van der Waals surface area contributed by atoms with Gasteiger partial charge in [0.15, 0.2) is 5.76 Å². The van der Waals surface area contributed by atoms with Crippen LogP contribution in [0.1, 0.15) is 49.2 Å². The number of quaternary nitrogens is 1. The summed E-state index contributed by atoms with van der Waals surface area (Å²) in [6.07, 6.45) is 3.73. The van der Waals surface area contributed by atoms with Crippen molar-refractivity contribution < 1.29 is 23.6 Å². The molecule has 1 aliphatic heterocycles. The molecule has 1 saturated heterocycles. The topological polar surface area (TPSA) is 53.1 Å². The van der Waals surface area contributed by atoms with Crippen LogP contribution < -0.4 is 9.64 Å². The third kappa shape index (κ3) is 3.26. The zero-order valence-corrected chi connectivity index (χ0v) is 14.7. The van der Waals surface area contributed by atoms with Crippen LogP contribution in [0.15, 0.2) is 22.6 Å². The Morgan fingerprint density at radius 2 is 2.21 bits per heavy atom. The first kappa shape index (κ1) is 16.8. The zero-order chi connectivity index (χ0) is 17.1. The van der Waals surface area contributed by atoms with Crippen LogP contribution in [-0.2, 0) is 11.3 Å². The highest BCUT2D eigenvalue weighted by Gasteiger charge is 2.29. The summed E-state index contributed by atoms with van der Waals surface area (Å²) in [6, 6.07) is 6.14. The average Bonchev–Trinajstić information content (AvgIpc) is 2.94. The molecule has 24 heavy (non-hydrogen) atoms. The fourth-order valence-electron chi connectivity index (χ4n) is 3.53. The van der Waals surface area contributed by atoms with Gasteiger partial charge >= 0.3 is 5.97 Å². The molecule has 0 radical (unpaired) electrons. The number of hydrogen-bond acceptors (Lipinski definition) is 4. The standard InChI is InChI=1S/C19H25NO4/c1-4-23-19(21)18-15-11-14(22-3)8-9-16(15)24-17(18)12-20-10-6-5-7-13(20)2/h8-9,11,13H,4-7,10,12H2,1-3H3/p+1. The Bertz CT molecular complexity index is 721. The van der Waals surface area contributed by atoms with Gasteiger partial charge in [-0.1, -0.05) is 0 Å². The molecule has 0 bridgehead atoms. The first-order chi connectivity index (χ1) is 11.6. The van der Waals surface area contributed by atoms with Gasteiger partial charge in [-0.2, -0.15) is 0 Å². The molecule has 0 spiro atoms. The highest BCUT2D eigenvalue weighted by molar-refractivity contribution is 6.04. The summed E-state index contributed by atoms with van der Waals surface area (Å²) in [7, 11) is 1.62. The molecule has 1 aromatic heterocycles. The molecule has 2 unspecified atom stereocenters. The molecule has 1 aromatic carbocycles. The number of likely N-dealkylation sites (tertiary alicyclic amines) is 1. The number of piperidine rings is 1. The lowest BCUT2D eigenvalue weighted by Gasteiger charge is -2.29.